The monoisotopic (exact) mass is 344 g/mol. The minimum Gasteiger partial charge on any atom is -0.451 e. The number of para-hydroxylation sites is 1. The maximum absolute atomic E-state index is 12.1. The molecule has 0 aromatic heterocycles. The van der Waals surface area contributed by atoms with Crippen LogP contribution >= 0.6 is 0 Å². The van der Waals surface area contributed by atoms with Crippen LogP contribution in [0.1, 0.15) is 43.0 Å². The van der Waals surface area contributed by atoms with Crippen molar-refractivity contribution in [2.45, 2.75) is 44.8 Å². The number of ketones is 1. The zero-order chi connectivity index (χ0) is 18.0. The molecule has 1 heterocycles. The minimum absolute atomic E-state index is 0.137. The number of carbonyl (C=O) groups is 4. The fourth-order valence-electron chi connectivity index (χ4n) is 3.21. The maximum atomic E-state index is 12.1. The summed E-state index contributed by atoms with van der Waals surface area (Å²) in [6.07, 6.45) is 3.10. The first-order chi connectivity index (χ1) is 12.0. The lowest BCUT2D eigenvalue weighted by Crippen LogP contribution is -2.43. The maximum Gasteiger partial charge on any atom is 0.326 e. The Balaban J connectivity index is 1.58. The number of anilines is 1. The molecule has 25 heavy (non-hydrogen) atoms. The van der Waals surface area contributed by atoms with Crippen molar-refractivity contribution in [1.29, 1.82) is 0 Å². The van der Waals surface area contributed by atoms with Crippen LogP contribution in [0.4, 0.5) is 5.69 Å². The van der Waals surface area contributed by atoms with E-state index >= 15 is 0 Å². The predicted molar refractivity (Wildman–Crippen MR) is 89.1 cm³/mol. The van der Waals surface area contributed by atoms with Gasteiger partial charge in [0.15, 0.2) is 6.10 Å². The van der Waals surface area contributed by atoms with Gasteiger partial charge in [-0.3, -0.25) is 24.1 Å². The highest BCUT2D eigenvalue weighted by atomic mass is 16.5. The molecule has 2 amide bonds. The Morgan fingerprint density at radius 3 is 2.64 bits per heavy atom. The molecule has 7 heteroatoms. The Labute approximate surface area is 145 Å². The molecule has 7 nitrogen and oxygen atoms in total. The third-order valence-electron chi connectivity index (χ3n) is 4.55. The number of rotatable bonds is 5. The van der Waals surface area contributed by atoms with Crippen LogP contribution in [-0.2, 0) is 19.1 Å². The molecule has 1 aliphatic carbocycles. The molecule has 0 radical (unpaired) electrons. The van der Waals surface area contributed by atoms with E-state index in [-0.39, 0.29) is 17.5 Å². The molecule has 3 rings (SSSR count). The van der Waals surface area contributed by atoms with Crippen LogP contribution in [0.5, 0.6) is 0 Å². The number of esters is 1. The third-order valence-corrected chi connectivity index (χ3v) is 4.55. The highest BCUT2D eigenvalue weighted by Crippen LogP contribution is 2.28. The van der Waals surface area contributed by atoms with Crippen molar-refractivity contribution in [2.75, 3.05) is 11.4 Å². The van der Waals surface area contributed by atoms with Gasteiger partial charge in [-0.1, -0.05) is 25.0 Å². The SMILES string of the molecule is C[C@@H](OC(=O)CN1C(=O)C(=O)c2ccccc21)C(=O)NC1CCCC1. The number of benzene rings is 1. The molecule has 0 unspecified atom stereocenters. The van der Waals surface area contributed by atoms with E-state index in [9.17, 15) is 19.2 Å². The smallest absolute Gasteiger partial charge is 0.326 e. The number of fused-ring (bicyclic) bond motifs is 1. The van der Waals surface area contributed by atoms with Crippen molar-refractivity contribution in [3.63, 3.8) is 0 Å². The van der Waals surface area contributed by atoms with Gasteiger partial charge in [-0.2, -0.15) is 0 Å². The molecule has 1 fully saturated rings. The number of carbonyl (C=O) groups excluding carboxylic acids is 4. The quantitative estimate of drug-likeness (QED) is 0.640. The lowest BCUT2D eigenvalue weighted by atomic mass is 10.1. The first kappa shape index (κ1) is 17.1. The Kier molecular flexibility index (Phi) is 4.83. The molecular weight excluding hydrogens is 324 g/mol. The van der Waals surface area contributed by atoms with Gasteiger partial charge in [0.1, 0.15) is 6.54 Å². The van der Waals surface area contributed by atoms with Crippen LogP contribution in [0.25, 0.3) is 0 Å². The zero-order valence-electron chi connectivity index (χ0n) is 14.0. The van der Waals surface area contributed by atoms with Gasteiger partial charge in [-0.15, -0.1) is 0 Å². The molecule has 0 saturated heterocycles. The molecule has 0 spiro atoms. The first-order valence-corrected chi connectivity index (χ1v) is 8.42. The Bertz CT molecular complexity index is 724. The van der Waals surface area contributed by atoms with E-state index in [1.54, 1.807) is 24.3 Å². The number of nitrogens with one attached hydrogen (secondary N) is 1. The number of Topliss-reactive ketones (excluding diaryl/α,β-unsaturated/α-hetero) is 1. The van der Waals surface area contributed by atoms with Crippen LogP contribution in [0.2, 0.25) is 0 Å². The van der Waals surface area contributed by atoms with Crippen LogP contribution in [-0.4, -0.2) is 42.3 Å². The van der Waals surface area contributed by atoms with Crippen molar-refractivity contribution in [1.82, 2.24) is 5.32 Å². The predicted octanol–water partition coefficient (Wildman–Crippen LogP) is 1.21. The van der Waals surface area contributed by atoms with Crippen molar-refractivity contribution in [2.24, 2.45) is 0 Å². The van der Waals surface area contributed by atoms with E-state index in [0.717, 1.165) is 30.6 Å². The Morgan fingerprint density at radius 2 is 1.92 bits per heavy atom. The topological polar surface area (TPSA) is 92.8 Å². The summed E-state index contributed by atoms with van der Waals surface area (Å²) in [4.78, 5) is 49.2. The molecule has 1 aromatic rings. The summed E-state index contributed by atoms with van der Waals surface area (Å²) in [5.74, 6) is -2.48. The van der Waals surface area contributed by atoms with Gasteiger partial charge in [0, 0.05) is 6.04 Å². The van der Waals surface area contributed by atoms with Gasteiger partial charge >= 0.3 is 5.97 Å². The normalized spacial score (nSPS) is 18.2. The Morgan fingerprint density at radius 1 is 1.24 bits per heavy atom. The number of ether oxygens (including phenoxy) is 1. The third kappa shape index (κ3) is 3.55. The van der Waals surface area contributed by atoms with Gasteiger partial charge in [-0.05, 0) is 31.9 Å². The molecule has 1 atom stereocenters. The molecule has 0 bridgehead atoms. The first-order valence-electron chi connectivity index (χ1n) is 8.42. The summed E-state index contributed by atoms with van der Waals surface area (Å²) in [5, 5.41) is 2.86. The molecule has 1 saturated carbocycles. The van der Waals surface area contributed by atoms with Crippen molar-refractivity contribution in [3.05, 3.63) is 29.8 Å². The second-order valence-corrected chi connectivity index (χ2v) is 6.36. The number of hydrogen-bond acceptors (Lipinski definition) is 5. The van der Waals surface area contributed by atoms with E-state index in [1.165, 1.54) is 6.92 Å². The van der Waals surface area contributed by atoms with E-state index in [4.69, 9.17) is 4.74 Å². The molecular formula is C18H20N2O5. The average molecular weight is 344 g/mol. The number of hydrogen-bond donors (Lipinski definition) is 1. The van der Waals surface area contributed by atoms with Crippen LogP contribution < -0.4 is 10.2 Å². The summed E-state index contributed by atoms with van der Waals surface area (Å²) in [6.45, 7) is 1.09. The van der Waals surface area contributed by atoms with Crippen LogP contribution in [0, 0.1) is 0 Å². The second-order valence-electron chi connectivity index (χ2n) is 6.36. The van der Waals surface area contributed by atoms with Gasteiger partial charge in [0.2, 0.25) is 0 Å². The highest BCUT2D eigenvalue weighted by Gasteiger charge is 2.37. The molecule has 1 aromatic carbocycles. The van der Waals surface area contributed by atoms with Crippen molar-refractivity contribution < 1.29 is 23.9 Å². The highest BCUT2D eigenvalue weighted by molar-refractivity contribution is 6.52. The Hall–Kier alpha value is -2.70. The molecule has 2 aliphatic rings. The number of nitrogens with zero attached hydrogens (tertiary/aromatic N) is 1. The zero-order valence-corrected chi connectivity index (χ0v) is 14.0. The fourth-order valence-corrected chi connectivity index (χ4v) is 3.21. The summed E-state index contributed by atoms with van der Waals surface area (Å²) >= 11 is 0. The standard InChI is InChI=1S/C18H20N2O5/c1-11(17(23)19-12-6-2-3-7-12)25-15(21)10-20-14-9-5-4-8-13(14)16(22)18(20)24/h4-5,8-9,11-12H,2-3,6-7,10H2,1H3,(H,19,23)/t11-/m1/s1. The van der Waals surface area contributed by atoms with Crippen molar-refractivity contribution in [3.8, 4) is 0 Å². The molecule has 1 N–H and O–H groups in total. The lowest BCUT2D eigenvalue weighted by Gasteiger charge is -2.19. The summed E-state index contributed by atoms with van der Waals surface area (Å²) in [6, 6.07) is 6.61. The van der Waals surface area contributed by atoms with Crippen molar-refractivity contribution >= 4 is 29.3 Å². The average Bonchev–Trinajstić information content (AvgIpc) is 3.18. The lowest BCUT2D eigenvalue weighted by molar-refractivity contribution is -0.154. The van der Waals surface area contributed by atoms with Crippen LogP contribution in [0.3, 0.4) is 0 Å². The van der Waals surface area contributed by atoms with Crippen LogP contribution in [0.15, 0.2) is 24.3 Å². The van der Waals surface area contributed by atoms with Gasteiger partial charge < -0.3 is 10.1 Å². The van der Waals surface area contributed by atoms with Gasteiger partial charge in [0.05, 0.1) is 11.3 Å². The van der Waals surface area contributed by atoms with Gasteiger partial charge in [-0.25, -0.2) is 0 Å². The largest absolute Gasteiger partial charge is 0.451 e. The summed E-state index contributed by atoms with van der Waals surface area (Å²) in [7, 11) is 0. The summed E-state index contributed by atoms with van der Waals surface area (Å²) in [5.41, 5.74) is 0.657. The second kappa shape index (κ2) is 7.04. The number of amides is 2. The van der Waals surface area contributed by atoms with E-state index < -0.39 is 30.3 Å². The van der Waals surface area contributed by atoms with E-state index in [1.807, 2.05) is 0 Å². The molecule has 132 valence electrons. The molecule has 1 aliphatic heterocycles. The minimum atomic E-state index is -0.947. The van der Waals surface area contributed by atoms with E-state index in [0.29, 0.717) is 5.69 Å². The van der Waals surface area contributed by atoms with E-state index in [2.05, 4.69) is 5.32 Å². The fraction of sp³-hybridized carbons (Fsp3) is 0.444. The van der Waals surface area contributed by atoms with Gasteiger partial charge in [0.25, 0.3) is 17.6 Å². The summed E-state index contributed by atoms with van der Waals surface area (Å²) < 4.78 is 5.13.